The number of methoxy groups -OCH3 is 2. The van der Waals surface area contributed by atoms with E-state index in [1.165, 1.54) is 14.0 Å². The van der Waals surface area contributed by atoms with Crippen molar-refractivity contribution in [1.29, 1.82) is 0 Å². The highest BCUT2D eigenvalue weighted by Crippen LogP contribution is 2.72. The summed E-state index contributed by atoms with van der Waals surface area (Å²) in [7, 11) is 3.04. The Morgan fingerprint density at radius 2 is 1.39 bits per heavy atom. The molecule has 4 N–H and O–H groups in total. The maximum absolute atomic E-state index is 13.8. The second-order valence-electron chi connectivity index (χ2n) is 19.0. The zero-order chi connectivity index (χ0) is 43.6. The number of carbonyl (C=O) groups excluding carboxylic acids is 3. The van der Waals surface area contributed by atoms with Gasteiger partial charge in [-0.05, 0) is 111 Å². The molecule has 0 aromatic rings. The fourth-order valence-electron chi connectivity index (χ4n) is 12.7. The monoisotopic (exact) mass is 834 g/mol. The van der Waals surface area contributed by atoms with E-state index < -0.39 is 107 Å². The first kappa shape index (κ1) is 46.2. The van der Waals surface area contributed by atoms with Gasteiger partial charge in [0.2, 0.25) is 0 Å². The lowest BCUT2D eigenvalue weighted by molar-refractivity contribution is -0.349. The molecule has 334 valence electrons. The predicted molar refractivity (Wildman–Crippen MR) is 213 cm³/mol. The van der Waals surface area contributed by atoms with Crippen LogP contribution in [0.3, 0.4) is 0 Å². The maximum atomic E-state index is 13.8. The zero-order valence-corrected chi connectivity index (χ0v) is 36.8. The molecule has 0 spiro atoms. The highest BCUT2D eigenvalue weighted by Gasteiger charge is 2.81. The van der Waals surface area contributed by atoms with Crippen LogP contribution in [0.1, 0.15) is 114 Å². The molecular formula is C45H70O14. The summed E-state index contributed by atoms with van der Waals surface area (Å²) in [6, 6.07) is 0. The van der Waals surface area contributed by atoms with Crippen LogP contribution < -0.4 is 0 Å². The number of hydrogen-bond acceptors (Lipinski definition) is 14. The lowest BCUT2D eigenvalue weighted by atomic mass is 9.39. The smallest absolute Gasteiger partial charge is 0.333 e. The predicted octanol–water partition coefficient (Wildman–Crippen LogP) is 4.12. The fraction of sp³-hybridized carbons (Fsp3) is 0.844. The first-order chi connectivity index (χ1) is 27.7. The van der Waals surface area contributed by atoms with Gasteiger partial charge in [0, 0.05) is 49.0 Å². The van der Waals surface area contributed by atoms with Gasteiger partial charge in [-0.25, -0.2) is 9.59 Å². The van der Waals surface area contributed by atoms with Crippen LogP contribution in [0.25, 0.3) is 0 Å². The number of esters is 2. The number of allylic oxidation sites excluding steroid dienone is 2. The Kier molecular flexibility index (Phi) is 13.4. The van der Waals surface area contributed by atoms with Crippen molar-refractivity contribution in [3.63, 3.8) is 0 Å². The second kappa shape index (κ2) is 17.1. The van der Waals surface area contributed by atoms with Crippen molar-refractivity contribution in [2.24, 2.45) is 34.5 Å². The van der Waals surface area contributed by atoms with E-state index in [2.05, 4.69) is 6.92 Å². The van der Waals surface area contributed by atoms with Crippen LogP contribution in [-0.4, -0.2) is 131 Å². The topological polar surface area (TPSA) is 197 Å². The summed E-state index contributed by atoms with van der Waals surface area (Å²) >= 11 is 0. The second-order valence-corrected chi connectivity index (χ2v) is 19.0. The van der Waals surface area contributed by atoms with E-state index in [-0.39, 0.29) is 43.0 Å². The highest BCUT2D eigenvalue weighted by molar-refractivity contribution is 5.89. The molecule has 1 unspecified atom stereocenters. The molecule has 14 nitrogen and oxygen atoms in total. The molecule has 6 rings (SSSR count). The van der Waals surface area contributed by atoms with Crippen LogP contribution in [0, 0.1) is 34.5 Å². The summed E-state index contributed by atoms with van der Waals surface area (Å²) in [6.07, 6.45) is -1.93. The minimum Gasteiger partial charge on any atom is -0.455 e. The van der Waals surface area contributed by atoms with Gasteiger partial charge >= 0.3 is 11.9 Å². The van der Waals surface area contributed by atoms with Gasteiger partial charge in [0.1, 0.15) is 53.6 Å². The van der Waals surface area contributed by atoms with E-state index in [1.807, 2.05) is 6.92 Å². The third-order valence-corrected chi connectivity index (χ3v) is 16.4. The van der Waals surface area contributed by atoms with Gasteiger partial charge < -0.3 is 53.6 Å². The highest BCUT2D eigenvalue weighted by atomic mass is 16.7. The van der Waals surface area contributed by atoms with Gasteiger partial charge in [0.25, 0.3) is 0 Å². The Bertz CT molecular complexity index is 1650. The number of ether oxygens (including phenoxy) is 7. The molecule has 4 saturated carbocycles. The Morgan fingerprint density at radius 1 is 0.746 bits per heavy atom. The minimum atomic E-state index is -1.84. The van der Waals surface area contributed by atoms with Crippen molar-refractivity contribution in [3.8, 4) is 0 Å². The summed E-state index contributed by atoms with van der Waals surface area (Å²) in [4.78, 5) is 41.0. The molecule has 2 heterocycles. The molecule has 0 radical (unpaired) electrons. The molecule has 19 atom stereocenters. The van der Waals surface area contributed by atoms with E-state index >= 15 is 0 Å². The van der Waals surface area contributed by atoms with Crippen molar-refractivity contribution in [2.75, 3.05) is 14.2 Å². The van der Waals surface area contributed by atoms with E-state index in [0.29, 0.717) is 36.8 Å². The summed E-state index contributed by atoms with van der Waals surface area (Å²) in [5, 5.41) is 47.9. The number of ketones is 1. The molecule has 0 bridgehead atoms. The van der Waals surface area contributed by atoms with Crippen LogP contribution in [0.5, 0.6) is 0 Å². The van der Waals surface area contributed by atoms with Crippen LogP contribution in [0.4, 0.5) is 0 Å². The molecule has 14 heteroatoms. The van der Waals surface area contributed by atoms with E-state index in [4.69, 9.17) is 33.2 Å². The van der Waals surface area contributed by atoms with Crippen LogP contribution >= 0.6 is 0 Å². The number of rotatable bonds is 10. The Morgan fingerprint density at radius 3 is 1.98 bits per heavy atom. The number of aliphatic hydroxyl groups is 4. The quantitative estimate of drug-likeness (QED) is 0.181. The van der Waals surface area contributed by atoms with Crippen molar-refractivity contribution in [1.82, 2.24) is 0 Å². The number of aliphatic hydroxyl groups excluding tert-OH is 2. The van der Waals surface area contributed by atoms with Gasteiger partial charge in [-0.1, -0.05) is 26.0 Å². The number of hydrogen-bond donors (Lipinski definition) is 4. The molecule has 6 fully saturated rings. The Hall–Kier alpha value is -2.27. The fourth-order valence-corrected chi connectivity index (χ4v) is 12.7. The SMILES string of the molecule is C/C=C(\C)C(=O)O[C@@H]1[C@@H](OC(=O)/C(C)=C/C)[C@]2(C)[C@@H](C(C)=O)CC[C@]2(O)[C@]2(O)CCC3C[C@@H]([C@H]4C[C@@H](OC)[C@H](O[C@@H]5O[C@H](C)[C@@H](O)[C@@H](OC)[C@H]5O)[C@@H](C)O4)CC[C@]3(C)[C@@H]12. The van der Waals surface area contributed by atoms with Crippen molar-refractivity contribution >= 4 is 17.7 Å². The summed E-state index contributed by atoms with van der Waals surface area (Å²) in [5.41, 5.74) is -5.10. The molecule has 6 aliphatic rings. The standard InChI is InChI=1S/C45H70O14/c1-12-22(3)39(49)57-36-37-42(8)17-14-27(30-21-31(53-10)34(26(7)55-30)58-41-33(48)35(54-11)32(47)25(6)56-41)20-28(42)15-18-44(37,51)45(52)19-16-29(24(5)46)43(45,9)38(36)59-40(50)23(4)13-2/h12-13,25-38,41,47-48,51-52H,14-21H2,1-11H3/b22-12+,23-13+/t25-,26-,27+,28?,29-,30-,31-,32-,33-,34-,35-,36+,37-,38-,41+,42+,43+,44+,45-/m1/s1. The molecule has 2 aliphatic heterocycles. The normalized spacial score (nSPS) is 49.0. The van der Waals surface area contributed by atoms with Gasteiger partial charge in [-0.2, -0.15) is 0 Å². The van der Waals surface area contributed by atoms with E-state index in [1.54, 1.807) is 60.8 Å². The van der Waals surface area contributed by atoms with Crippen LogP contribution in [0.2, 0.25) is 0 Å². The van der Waals surface area contributed by atoms with Crippen molar-refractivity contribution < 1.29 is 68.0 Å². The van der Waals surface area contributed by atoms with Gasteiger partial charge in [-0.15, -0.1) is 0 Å². The van der Waals surface area contributed by atoms with E-state index in [0.717, 1.165) is 6.42 Å². The first-order valence-electron chi connectivity index (χ1n) is 21.7. The third-order valence-electron chi connectivity index (χ3n) is 16.4. The lowest BCUT2D eigenvalue weighted by Crippen LogP contribution is -2.81. The summed E-state index contributed by atoms with van der Waals surface area (Å²) < 4.78 is 43.2. The van der Waals surface area contributed by atoms with Crippen molar-refractivity contribution in [3.05, 3.63) is 23.3 Å². The zero-order valence-electron chi connectivity index (χ0n) is 36.8. The Balaban J connectivity index is 1.31. The largest absolute Gasteiger partial charge is 0.455 e. The molecule has 59 heavy (non-hydrogen) atoms. The Labute approximate surface area is 349 Å². The maximum Gasteiger partial charge on any atom is 0.333 e. The van der Waals surface area contributed by atoms with Crippen LogP contribution in [0.15, 0.2) is 23.3 Å². The first-order valence-corrected chi connectivity index (χ1v) is 21.7. The van der Waals surface area contributed by atoms with Gasteiger partial charge in [-0.3, -0.25) is 4.79 Å². The van der Waals surface area contributed by atoms with E-state index in [9.17, 15) is 34.8 Å². The van der Waals surface area contributed by atoms with Crippen LogP contribution in [-0.2, 0) is 47.5 Å². The molecule has 4 aliphatic carbocycles. The van der Waals surface area contributed by atoms with Gasteiger partial charge in [0.05, 0.1) is 24.4 Å². The third kappa shape index (κ3) is 7.37. The molecule has 2 saturated heterocycles. The van der Waals surface area contributed by atoms with Gasteiger partial charge in [0.15, 0.2) is 6.29 Å². The molecular weight excluding hydrogens is 764 g/mol. The summed E-state index contributed by atoms with van der Waals surface area (Å²) in [5.74, 6) is -2.96. The minimum absolute atomic E-state index is 0.000632. The average molecular weight is 835 g/mol. The average Bonchev–Trinajstić information content (AvgIpc) is 3.49. The summed E-state index contributed by atoms with van der Waals surface area (Å²) in [6.45, 7) is 15.6. The lowest BCUT2D eigenvalue weighted by Gasteiger charge is -2.70. The molecule has 0 amide bonds. The number of carbonyl (C=O) groups is 3. The van der Waals surface area contributed by atoms with Crippen molar-refractivity contribution in [2.45, 2.75) is 192 Å². The number of fused-ring (bicyclic) bond motifs is 5. The molecule has 0 aromatic carbocycles. The molecule has 0 aromatic heterocycles. The number of Topliss-reactive ketones (excluding diaryl/α,β-unsaturated/α-hetero) is 1.